The molecule has 44 heavy (non-hydrogen) atoms. The van der Waals surface area contributed by atoms with Gasteiger partial charge in [-0.05, 0) is 36.8 Å². The summed E-state index contributed by atoms with van der Waals surface area (Å²) in [5.41, 5.74) is 0.875. The van der Waals surface area contributed by atoms with E-state index in [1.165, 1.54) is 20.8 Å². The van der Waals surface area contributed by atoms with Crippen molar-refractivity contribution in [1.29, 1.82) is 5.26 Å². The molecule has 0 saturated carbocycles. The minimum atomic E-state index is -1.24. The van der Waals surface area contributed by atoms with Crippen LogP contribution in [0.5, 0.6) is 0 Å². The Morgan fingerprint density at radius 1 is 0.955 bits per heavy atom. The van der Waals surface area contributed by atoms with Crippen molar-refractivity contribution >= 4 is 52.9 Å². The number of aryl methyl sites for hydroxylation is 1. The Morgan fingerprint density at radius 2 is 1.57 bits per heavy atom. The summed E-state index contributed by atoms with van der Waals surface area (Å²) >= 11 is 7.08. The molecule has 4 rings (SSSR count). The monoisotopic (exact) mass is 637 g/mol. The van der Waals surface area contributed by atoms with Crippen molar-refractivity contribution in [3.63, 3.8) is 0 Å². The number of nitriles is 1. The molecule has 0 unspecified atom stereocenters. The van der Waals surface area contributed by atoms with E-state index in [9.17, 15) is 24.4 Å². The van der Waals surface area contributed by atoms with Crippen molar-refractivity contribution in [2.45, 2.75) is 56.5 Å². The Kier molecular flexibility index (Phi) is 10.6. The molecule has 13 heteroatoms. The van der Waals surface area contributed by atoms with Crippen LogP contribution in [0.25, 0.3) is 11.1 Å². The first-order chi connectivity index (χ1) is 21.0. The fraction of sp³-hybridized carbons (Fsp3) is 0.290. The molecule has 0 bridgehead atoms. The normalized spacial score (nSPS) is 19.3. The predicted octanol–water partition coefficient (Wildman–Crippen LogP) is 5.08. The molecule has 0 radical (unpaired) electrons. The van der Waals surface area contributed by atoms with Crippen molar-refractivity contribution in [2.24, 2.45) is 0 Å². The van der Waals surface area contributed by atoms with E-state index in [1.807, 2.05) is 6.07 Å². The van der Waals surface area contributed by atoms with E-state index in [0.29, 0.717) is 27.5 Å². The number of ether oxygens (including phenoxy) is 4. The number of amides is 1. The van der Waals surface area contributed by atoms with Crippen LogP contribution >= 0.6 is 23.4 Å². The van der Waals surface area contributed by atoms with Gasteiger partial charge in [0.2, 0.25) is 0 Å². The van der Waals surface area contributed by atoms with Crippen molar-refractivity contribution in [3.05, 3.63) is 76.4 Å². The molecule has 2 heterocycles. The summed E-state index contributed by atoms with van der Waals surface area (Å²) in [5, 5.41) is 13.9. The molecule has 1 amide bonds. The SMILES string of the molecule is CC(=O)O[C@@H]1[C@@H](OC(C)=O)[C@H](Sc2nc(C)c(C(=O)Nc3ccccc3)c(-c3ccc(Cl)cc3)c2C#N)OC[C@@H]1OC(C)=O. The number of carbonyl (C=O) groups excluding carboxylic acids is 4. The van der Waals surface area contributed by atoms with E-state index < -0.39 is 47.6 Å². The first kappa shape index (κ1) is 32.5. The van der Waals surface area contributed by atoms with Crippen LogP contribution in [0, 0.1) is 18.3 Å². The van der Waals surface area contributed by atoms with Crippen molar-refractivity contribution in [2.75, 3.05) is 11.9 Å². The number of halogens is 1. The summed E-state index contributed by atoms with van der Waals surface area (Å²) in [6.07, 6.45) is -3.51. The Balaban J connectivity index is 1.82. The Bertz CT molecular complexity index is 1610. The Labute approximate surface area is 262 Å². The summed E-state index contributed by atoms with van der Waals surface area (Å²) in [6.45, 7) is 4.96. The molecular weight excluding hydrogens is 610 g/mol. The number of benzene rings is 2. The Morgan fingerprint density at radius 3 is 2.16 bits per heavy atom. The maximum atomic E-state index is 13.6. The molecule has 4 atom stereocenters. The van der Waals surface area contributed by atoms with Crippen LogP contribution in [0.3, 0.4) is 0 Å². The minimum absolute atomic E-state index is 0.0532. The van der Waals surface area contributed by atoms with E-state index >= 15 is 0 Å². The largest absolute Gasteiger partial charge is 0.456 e. The number of rotatable bonds is 8. The van der Waals surface area contributed by atoms with Crippen LogP contribution in [-0.2, 0) is 33.3 Å². The summed E-state index contributed by atoms with van der Waals surface area (Å²) in [4.78, 5) is 54.1. The average Bonchev–Trinajstić information content (AvgIpc) is 2.96. The van der Waals surface area contributed by atoms with E-state index in [1.54, 1.807) is 55.5 Å². The van der Waals surface area contributed by atoms with Crippen molar-refractivity contribution in [1.82, 2.24) is 4.98 Å². The lowest BCUT2D eigenvalue weighted by Crippen LogP contribution is -2.56. The highest BCUT2D eigenvalue weighted by Gasteiger charge is 2.47. The molecule has 0 aliphatic carbocycles. The molecule has 1 aromatic heterocycles. The number of para-hydroxylation sites is 1. The van der Waals surface area contributed by atoms with Crippen molar-refractivity contribution in [3.8, 4) is 17.2 Å². The first-order valence-corrected chi connectivity index (χ1v) is 14.6. The second-order valence-corrected chi connectivity index (χ2v) is 11.2. The van der Waals surface area contributed by atoms with Gasteiger partial charge in [0.25, 0.3) is 5.91 Å². The summed E-state index contributed by atoms with van der Waals surface area (Å²) in [7, 11) is 0. The third-order valence-electron chi connectivity index (χ3n) is 6.38. The van der Waals surface area contributed by atoms with Gasteiger partial charge in [-0.25, -0.2) is 4.98 Å². The summed E-state index contributed by atoms with van der Waals surface area (Å²) < 4.78 is 22.2. The van der Waals surface area contributed by atoms with E-state index in [-0.39, 0.29) is 22.8 Å². The van der Waals surface area contributed by atoms with Gasteiger partial charge in [-0.2, -0.15) is 5.26 Å². The van der Waals surface area contributed by atoms with Gasteiger partial charge in [-0.1, -0.05) is 53.7 Å². The second kappa shape index (κ2) is 14.4. The maximum absolute atomic E-state index is 13.6. The summed E-state index contributed by atoms with van der Waals surface area (Å²) in [5.74, 6) is -2.53. The first-order valence-electron chi connectivity index (χ1n) is 13.4. The third kappa shape index (κ3) is 7.74. The molecule has 1 saturated heterocycles. The topological polar surface area (TPSA) is 154 Å². The molecule has 2 aromatic carbocycles. The number of carbonyl (C=O) groups is 4. The molecule has 0 spiro atoms. The highest BCUT2D eigenvalue weighted by atomic mass is 35.5. The van der Waals surface area contributed by atoms with Gasteiger partial charge in [0, 0.05) is 37.0 Å². The predicted molar refractivity (Wildman–Crippen MR) is 161 cm³/mol. The zero-order valence-electron chi connectivity index (χ0n) is 24.2. The zero-order valence-corrected chi connectivity index (χ0v) is 25.7. The Hall–Kier alpha value is -4.44. The minimum Gasteiger partial charge on any atom is -0.456 e. The van der Waals surface area contributed by atoms with Crippen LogP contribution in [0.4, 0.5) is 5.69 Å². The van der Waals surface area contributed by atoms with Gasteiger partial charge >= 0.3 is 17.9 Å². The van der Waals surface area contributed by atoms with Gasteiger partial charge < -0.3 is 24.3 Å². The number of thioether (sulfide) groups is 1. The number of anilines is 1. The number of pyridine rings is 1. The lowest BCUT2D eigenvalue weighted by molar-refractivity contribution is -0.213. The van der Waals surface area contributed by atoms with Crippen molar-refractivity contribution < 1.29 is 38.1 Å². The van der Waals surface area contributed by atoms with Gasteiger partial charge in [0.1, 0.15) is 16.5 Å². The molecule has 1 aliphatic rings. The molecular formula is C31H28ClN3O8S. The zero-order chi connectivity index (χ0) is 32.0. The van der Waals surface area contributed by atoms with Crippen LogP contribution in [0.2, 0.25) is 5.02 Å². The lowest BCUT2D eigenvalue weighted by Gasteiger charge is -2.40. The molecule has 1 N–H and O–H groups in total. The van der Waals surface area contributed by atoms with Gasteiger partial charge in [0.05, 0.1) is 23.4 Å². The number of esters is 3. The van der Waals surface area contributed by atoms with Gasteiger partial charge in [0.15, 0.2) is 18.3 Å². The molecule has 11 nitrogen and oxygen atoms in total. The fourth-order valence-electron chi connectivity index (χ4n) is 4.68. The third-order valence-corrected chi connectivity index (χ3v) is 7.79. The number of hydrogen-bond acceptors (Lipinski definition) is 11. The molecule has 1 fully saturated rings. The van der Waals surface area contributed by atoms with Crippen LogP contribution in [-0.4, -0.2) is 59.2 Å². The van der Waals surface area contributed by atoms with Gasteiger partial charge in [-0.15, -0.1) is 0 Å². The fourth-order valence-corrected chi connectivity index (χ4v) is 5.98. The van der Waals surface area contributed by atoms with Gasteiger partial charge in [-0.3, -0.25) is 19.2 Å². The van der Waals surface area contributed by atoms with Crippen LogP contribution in [0.1, 0.15) is 42.4 Å². The van der Waals surface area contributed by atoms with E-state index in [4.69, 9.17) is 30.5 Å². The summed E-state index contributed by atoms with van der Waals surface area (Å²) in [6, 6.07) is 17.7. The standard InChI is InChI=1S/C31H28ClN3O8S/c1-16-25(29(39)35-22-8-6-5-7-9-22)26(20-10-12-21(32)13-11-20)23(14-33)30(34-16)44-31-28(43-19(4)38)27(42-18(3)37)24(15-40-31)41-17(2)36/h5-13,24,27-28,31H,15H2,1-4H3,(H,35,39)/t24-,27-,28+,31-/m0/s1. The quantitative estimate of drug-likeness (QED) is 0.260. The molecule has 1 aliphatic heterocycles. The van der Waals surface area contributed by atoms with E-state index in [0.717, 1.165) is 11.8 Å². The average molecular weight is 638 g/mol. The number of nitrogens with one attached hydrogen (secondary N) is 1. The number of aromatic nitrogens is 1. The highest BCUT2D eigenvalue weighted by Crippen LogP contribution is 2.40. The molecule has 228 valence electrons. The second-order valence-electron chi connectivity index (χ2n) is 9.68. The molecule has 3 aromatic rings. The number of hydrogen-bond donors (Lipinski definition) is 1. The number of nitrogens with zero attached hydrogens (tertiary/aromatic N) is 2. The highest BCUT2D eigenvalue weighted by molar-refractivity contribution is 7.99. The van der Waals surface area contributed by atoms with E-state index in [2.05, 4.69) is 16.4 Å². The van der Waals surface area contributed by atoms with Crippen LogP contribution in [0.15, 0.2) is 59.6 Å². The lowest BCUT2D eigenvalue weighted by atomic mass is 9.94. The smallest absolute Gasteiger partial charge is 0.303 e. The maximum Gasteiger partial charge on any atom is 0.303 e. The van der Waals surface area contributed by atoms with Crippen LogP contribution < -0.4 is 5.32 Å².